The van der Waals surface area contributed by atoms with E-state index in [2.05, 4.69) is 22.2 Å². The predicted octanol–water partition coefficient (Wildman–Crippen LogP) is 1.35. The van der Waals surface area contributed by atoms with Crippen LogP contribution in [0.2, 0.25) is 0 Å². The molecule has 0 spiro atoms. The second kappa shape index (κ2) is 6.16. The largest absolute Gasteiger partial charge is 0.479 e. The lowest BCUT2D eigenvalue weighted by molar-refractivity contribution is -0.142. The molecule has 1 heterocycles. The molecule has 0 atom stereocenters. The van der Waals surface area contributed by atoms with Gasteiger partial charge in [0.2, 0.25) is 6.61 Å². The van der Waals surface area contributed by atoms with Crippen molar-refractivity contribution in [3.05, 3.63) is 35.9 Å². The molecule has 1 aromatic rings. The molecule has 5 heteroatoms. The third-order valence-electron chi connectivity index (χ3n) is 2.75. The molecule has 1 fully saturated rings. The van der Waals surface area contributed by atoms with Crippen LogP contribution in [0.3, 0.4) is 0 Å². The zero-order chi connectivity index (χ0) is 12.8. The van der Waals surface area contributed by atoms with Crippen LogP contribution in [0.1, 0.15) is 12.0 Å². The van der Waals surface area contributed by atoms with Crippen molar-refractivity contribution < 1.29 is 14.7 Å². The fourth-order valence-electron chi connectivity index (χ4n) is 1.93. The maximum absolute atomic E-state index is 10.3. The summed E-state index contributed by atoms with van der Waals surface area (Å²) in [5.41, 5.74) is 2.18. The first-order valence-electron chi connectivity index (χ1n) is 5.90. The highest BCUT2D eigenvalue weighted by atomic mass is 16.6. The molecule has 18 heavy (non-hydrogen) atoms. The summed E-state index contributed by atoms with van der Waals surface area (Å²) in [6.45, 7) is 2.19. The minimum atomic E-state index is -1.00. The standard InChI is InChI=1S/C13H16N2O3/c16-13(17)10-18-14-12-6-7-15(9-12)8-11-4-2-1-3-5-11/h1-5H,6-10H2,(H,16,17). The van der Waals surface area contributed by atoms with Gasteiger partial charge < -0.3 is 9.94 Å². The Morgan fingerprint density at radius 2 is 2.17 bits per heavy atom. The van der Waals surface area contributed by atoms with Gasteiger partial charge in [0.05, 0.1) is 5.71 Å². The fourth-order valence-corrected chi connectivity index (χ4v) is 1.93. The van der Waals surface area contributed by atoms with Crippen LogP contribution in [0.5, 0.6) is 0 Å². The summed E-state index contributed by atoms with van der Waals surface area (Å²) in [6, 6.07) is 10.2. The molecule has 0 saturated carbocycles. The van der Waals surface area contributed by atoms with Crippen LogP contribution in [0.25, 0.3) is 0 Å². The molecule has 0 unspecified atom stereocenters. The van der Waals surface area contributed by atoms with Crippen LogP contribution in [0.15, 0.2) is 35.5 Å². The zero-order valence-electron chi connectivity index (χ0n) is 10.1. The van der Waals surface area contributed by atoms with E-state index >= 15 is 0 Å². The zero-order valence-corrected chi connectivity index (χ0v) is 10.1. The van der Waals surface area contributed by atoms with Gasteiger partial charge in [-0.05, 0) is 5.56 Å². The van der Waals surface area contributed by atoms with E-state index < -0.39 is 5.97 Å². The van der Waals surface area contributed by atoms with Gasteiger partial charge >= 0.3 is 5.97 Å². The van der Waals surface area contributed by atoms with Crippen molar-refractivity contribution in [3.8, 4) is 0 Å². The first-order chi connectivity index (χ1) is 8.74. The summed E-state index contributed by atoms with van der Waals surface area (Å²) in [7, 11) is 0. The number of likely N-dealkylation sites (tertiary alicyclic amines) is 1. The fraction of sp³-hybridized carbons (Fsp3) is 0.385. The molecule has 1 saturated heterocycles. The summed E-state index contributed by atoms with van der Waals surface area (Å²) in [5.74, 6) is -1.00. The van der Waals surface area contributed by atoms with Crippen molar-refractivity contribution in [3.63, 3.8) is 0 Å². The Balaban J connectivity index is 1.80. The van der Waals surface area contributed by atoms with Crippen LogP contribution in [0.4, 0.5) is 0 Å². The second-order valence-corrected chi connectivity index (χ2v) is 4.27. The molecule has 0 bridgehead atoms. The molecule has 5 nitrogen and oxygen atoms in total. The minimum Gasteiger partial charge on any atom is -0.479 e. The Hall–Kier alpha value is -1.88. The van der Waals surface area contributed by atoms with Crippen LogP contribution < -0.4 is 0 Å². The number of aliphatic carboxylic acids is 1. The van der Waals surface area contributed by atoms with Gasteiger partial charge in [0.1, 0.15) is 0 Å². The Morgan fingerprint density at radius 1 is 1.39 bits per heavy atom. The molecule has 1 N–H and O–H groups in total. The van der Waals surface area contributed by atoms with E-state index in [0.717, 1.165) is 31.8 Å². The molecule has 1 aromatic carbocycles. The number of carboxylic acid groups (broad SMARTS) is 1. The van der Waals surface area contributed by atoms with E-state index in [1.165, 1.54) is 5.56 Å². The molecule has 0 radical (unpaired) electrons. The van der Waals surface area contributed by atoms with E-state index in [1.54, 1.807) is 0 Å². The highest BCUT2D eigenvalue weighted by Crippen LogP contribution is 2.11. The van der Waals surface area contributed by atoms with E-state index in [9.17, 15) is 4.79 Å². The van der Waals surface area contributed by atoms with Gasteiger partial charge in [0, 0.05) is 26.1 Å². The van der Waals surface area contributed by atoms with Gasteiger partial charge in [0.15, 0.2) is 0 Å². The van der Waals surface area contributed by atoms with Crippen molar-refractivity contribution >= 4 is 11.7 Å². The van der Waals surface area contributed by atoms with E-state index in [0.29, 0.717) is 0 Å². The topological polar surface area (TPSA) is 62.1 Å². The summed E-state index contributed by atoms with van der Waals surface area (Å²) >= 11 is 0. The molecular formula is C13H16N2O3. The Bertz CT molecular complexity index is 431. The molecule has 0 amide bonds. The van der Waals surface area contributed by atoms with Crippen molar-refractivity contribution in [1.82, 2.24) is 4.90 Å². The molecule has 1 aliphatic rings. The number of oxime groups is 1. The van der Waals surface area contributed by atoms with Gasteiger partial charge in [-0.2, -0.15) is 0 Å². The summed E-state index contributed by atoms with van der Waals surface area (Å²) in [5, 5.41) is 12.3. The Labute approximate surface area is 106 Å². The number of benzene rings is 1. The van der Waals surface area contributed by atoms with E-state index in [4.69, 9.17) is 9.94 Å². The van der Waals surface area contributed by atoms with Crippen molar-refractivity contribution in [2.45, 2.75) is 13.0 Å². The number of hydrogen-bond acceptors (Lipinski definition) is 4. The predicted molar refractivity (Wildman–Crippen MR) is 67.4 cm³/mol. The summed E-state index contributed by atoms with van der Waals surface area (Å²) in [6.07, 6.45) is 0.840. The first-order valence-corrected chi connectivity index (χ1v) is 5.90. The van der Waals surface area contributed by atoms with Crippen LogP contribution in [-0.2, 0) is 16.2 Å². The number of rotatable bonds is 5. The summed E-state index contributed by atoms with van der Waals surface area (Å²) in [4.78, 5) is 17.3. The van der Waals surface area contributed by atoms with Gasteiger partial charge in [0.25, 0.3) is 0 Å². The maximum atomic E-state index is 10.3. The average molecular weight is 248 g/mol. The second-order valence-electron chi connectivity index (χ2n) is 4.27. The van der Waals surface area contributed by atoms with Crippen LogP contribution in [0, 0.1) is 0 Å². The lowest BCUT2D eigenvalue weighted by atomic mass is 10.2. The normalized spacial score (nSPS) is 18.1. The van der Waals surface area contributed by atoms with Gasteiger partial charge in [-0.3, -0.25) is 4.90 Å². The number of carboxylic acids is 1. The average Bonchev–Trinajstić information content (AvgIpc) is 2.78. The van der Waals surface area contributed by atoms with Crippen LogP contribution in [-0.4, -0.2) is 41.4 Å². The minimum absolute atomic E-state index is 0.373. The van der Waals surface area contributed by atoms with Crippen molar-refractivity contribution in [2.75, 3.05) is 19.7 Å². The third-order valence-corrected chi connectivity index (χ3v) is 2.75. The molecule has 0 aliphatic carbocycles. The quantitative estimate of drug-likeness (QED) is 0.799. The number of nitrogens with zero attached hydrogens (tertiary/aromatic N) is 2. The van der Waals surface area contributed by atoms with E-state index in [1.807, 2.05) is 18.2 Å². The van der Waals surface area contributed by atoms with Gasteiger partial charge in [-0.1, -0.05) is 35.5 Å². The van der Waals surface area contributed by atoms with Crippen molar-refractivity contribution in [2.24, 2.45) is 5.16 Å². The molecule has 2 rings (SSSR count). The first kappa shape index (κ1) is 12.6. The van der Waals surface area contributed by atoms with Gasteiger partial charge in [-0.25, -0.2) is 4.79 Å². The highest BCUT2D eigenvalue weighted by Gasteiger charge is 2.18. The van der Waals surface area contributed by atoms with Crippen molar-refractivity contribution in [1.29, 1.82) is 0 Å². The Morgan fingerprint density at radius 3 is 2.89 bits per heavy atom. The Kier molecular flexibility index (Phi) is 4.30. The lowest BCUT2D eigenvalue weighted by Crippen LogP contribution is -2.20. The number of carbonyl (C=O) groups is 1. The molecular weight excluding hydrogens is 232 g/mol. The molecule has 0 aromatic heterocycles. The lowest BCUT2D eigenvalue weighted by Gasteiger charge is -2.13. The number of hydrogen-bond donors (Lipinski definition) is 1. The van der Waals surface area contributed by atoms with E-state index in [-0.39, 0.29) is 6.61 Å². The SMILES string of the molecule is O=C(O)CON=C1CCN(Cc2ccccc2)C1. The van der Waals surface area contributed by atoms with Crippen LogP contribution >= 0.6 is 0 Å². The monoisotopic (exact) mass is 248 g/mol. The smallest absolute Gasteiger partial charge is 0.344 e. The van der Waals surface area contributed by atoms with Gasteiger partial charge in [-0.15, -0.1) is 0 Å². The molecule has 96 valence electrons. The third kappa shape index (κ3) is 3.85. The highest BCUT2D eigenvalue weighted by molar-refractivity contribution is 5.87. The molecule has 1 aliphatic heterocycles. The maximum Gasteiger partial charge on any atom is 0.344 e. The summed E-state index contributed by atoms with van der Waals surface area (Å²) < 4.78 is 0.